The smallest absolute Gasteiger partial charge is 0.264 e. The molecule has 0 saturated carbocycles. The van der Waals surface area contributed by atoms with Gasteiger partial charge in [-0.25, -0.2) is 4.98 Å². The van der Waals surface area contributed by atoms with Gasteiger partial charge in [0.2, 0.25) is 5.88 Å². The number of rotatable bonds is 3. The third-order valence-electron chi connectivity index (χ3n) is 3.48. The van der Waals surface area contributed by atoms with Gasteiger partial charge in [0.1, 0.15) is 11.9 Å². The van der Waals surface area contributed by atoms with Crippen molar-refractivity contribution in [2.75, 3.05) is 13.1 Å². The van der Waals surface area contributed by atoms with Crippen molar-refractivity contribution in [3.63, 3.8) is 0 Å². The molecule has 7 heteroatoms. The zero-order valence-corrected chi connectivity index (χ0v) is 14.6. The molecule has 1 saturated heterocycles. The number of aromatic nitrogens is 2. The van der Waals surface area contributed by atoms with E-state index in [0.29, 0.717) is 18.2 Å². The number of ether oxygens (including phenoxy) is 1. The number of thiophene rings is 1. The maximum absolute atomic E-state index is 12.5. The number of amides is 1. The molecule has 116 valence electrons. The van der Waals surface area contributed by atoms with E-state index < -0.39 is 0 Å². The second-order valence-electron chi connectivity index (χ2n) is 5.20. The molecule has 2 aromatic rings. The molecule has 0 N–H and O–H groups in total. The first-order valence-corrected chi connectivity index (χ1v) is 8.79. The highest BCUT2D eigenvalue weighted by molar-refractivity contribution is 9.10. The number of carbonyl (C=O) groups excluding carboxylic acids is 1. The van der Waals surface area contributed by atoms with Crippen LogP contribution in [-0.4, -0.2) is 40.0 Å². The second kappa shape index (κ2) is 6.75. The molecule has 0 bridgehead atoms. The number of hydrogen-bond acceptors (Lipinski definition) is 5. The van der Waals surface area contributed by atoms with Crippen molar-refractivity contribution in [1.82, 2.24) is 14.9 Å². The lowest BCUT2D eigenvalue weighted by atomic mass is 10.1. The fourth-order valence-electron chi connectivity index (χ4n) is 2.47. The van der Waals surface area contributed by atoms with E-state index in [4.69, 9.17) is 4.74 Å². The van der Waals surface area contributed by atoms with E-state index in [2.05, 4.69) is 25.9 Å². The summed E-state index contributed by atoms with van der Waals surface area (Å²) in [5.74, 6) is 1.33. The van der Waals surface area contributed by atoms with E-state index in [1.54, 1.807) is 12.3 Å². The van der Waals surface area contributed by atoms with Gasteiger partial charge in [0.15, 0.2) is 0 Å². The van der Waals surface area contributed by atoms with Gasteiger partial charge < -0.3 is 9.64 Å². The summed E-state index contributed by atoms with van der Waals surface area (Å²) in [7, 11) is 0. The van der Waals surface area contributed by atoms with Crippen LogP contribution in [0.1, 0.15) is 28.3 Å². The topological polar surface area (TPSA) is 55.3 Å². The Morgan fingerprint density at radius 3 is 3.14 bits per heavy atom. The summed E-state index contributed by atoms with van der Waals surface area (Å²) in [5, 5.41) is 1.93. The van der Waals surface area contributed by atoms with Crippen molar-refractivity contribution in [3.05, 3.63) is 38.9 Å². The van der Waals surface area contributed by atoms with Gasteiger partial charge in [0.25, 0.3) is 5.91 Å². The third-order valence-corrected chi connectivity index (χ3v) is 5.16. The maximum Gasteiger partial charge on any atom is 0.264 e. The minimum atomic E-state index is -0.0181. The van der Waals surface area contributed by atoms with E-state index in [0.717, 1.165) is 28.7 Å². The van der Waals surface area contributed by atoms with E-state index >= 15 is 0 Å². The number of likely N-dealkylation sites (tertiary alicyclic amines) is 1. The standard InChI is InChI=1S/C15H16BrN3O2S/c1-10-17-5-4-14(18-10)21-12-3-2-6-19(8-12)15(20)13-7-11(16)9-22-13/h4-5,7,9,12H,2-3,6,8H2,1H3. The van der Waals surface area contributed by atoms with Gasteiger partial charge in [-0.3, -0.25) is 4.79 Å². The molecule has 22 heavy (non-hydrogen) atoms. The summed E-state index contributed by atoms with van der Waals surface area (Å²) in [6.07, 6.45) is 3.54. The van der Waals surface area contributed by atoms with E-state index in [9.17, 15) is 4.79 Å². The lowest BCUT2D eigenvalue weighted by Gasteiger charge is -2.32. The fraction of sp³-hybridized carbons (Fsp3) is 0.400. The van der Waals surface area contributed by atoms with Crippen LogP contribution in [0.25, 0.3) is 0 Å². The van der Waals surface area contributed by atoms with Gasteiger partial charge in [-0.15, -0.1) is 11.3 Å². The predicted molar refractivity (Wildman–Crippen MR) is 88.3 cm³/mol. The minimum Gasteiger partial charge on any atom is -0.472 e. The van der Waals surface area contributed by atoms with Crippen LogP contribution in [0.5, 0.6) is 5.88 Å². The van der Waals surface area contributed by atoms with Crippen LogP contribution in [0, 0.1) is 6.92 Å². The Bertz CT molecular complexity index is 676. The molecule has 3 heterocycles. The molecule has 0 spiro atoms. The van der Waals surface area contributed by atoms with E-state index in [-0.39, 0.29) is 12.0 Å². The first kappa shape index (κ1) is 15.4. The molecule has 1 aliphatic heterocycles. The molecular weight excluding hydrogens is 366 g/mol. The molecule has 5 nitrogen and oxygen atoms in total. The number of hydrogen-bond donors (Lipinski definition) is 0. The van der Waals surface area contributed by atoms with E-state index in [1.165, 1.54) is 11.3 Å². The summed E-state index contributed by atoms with van der Waals surface area (Å²) in [5.41, 5.74) is 0. The van der Waals surface area contributed by atoms with Crippen molar-refractivity contribution < 1.29 is 9.53 Å². The molecule has 0 radical (unpaired) electrons. The molecule has 3 rings (SSSR count). The number of nitrogens with zero attached hydrogens (tertiary/aromatic N) is 3. The van der Waals surface area contributed by atoms with Gasteiger partial charge in [0, 0.05) is 28.7 Å². The Labute approximate surface area is 141 Å². The van der Waals surface area contributed by atoms with Crippen LogP contribution < -0.4 is 4.74 Å². The van der Waals surface area contributed by atoms with Crippen molar-refractivity contribution in [2.24, 2.45) is 0 Å². The summed E-state index contributed by atoms with van der Waals surface area (Å²) < 4.78 is 6.85. The maximum atomic E-state index is 12.5. The van der Waals surface area contributed by atoms with E-state index in [1.807, 2.05) is 23.3 Å². The van der Waals surface area contributed by atoms with Crippen molar-refractivity contribution in [2.45, 2.75) is 25.9 Å². The lowest BCUT2D eigenvalue weighted by molar-refractivity contribution is 0.0531. The molecule has 1 atom stereocenters. The monoisotopic (exact) mass is 381 g/mol. The van der Waals surface area contributed by atoms with Gasteiger partial charge in [-0.05, 0) is 41.8 Å². The molecule has 1 unspecified atom stereocenters. The number of halogens is 1. The summed E-state index contributed by atoms with van der Waals surface area (Å²) in [6.45, 7) is 3.20. The summed E-state index contributed by atoms with van der Waals surface area (Å²) in [4.78, 5) is 23.4. The van der Waals surface area contributed by atoms with Crippen molar-refractivity contribution in [1.29, 1.82) is 0 Å². The first-order chi connectivity index (χ1) is 10.6. The molecule has 1 aliphatic rings. The Morgan fingerprint density at radius 2 is 2.41 bits per heavy atom. The highest BCUT2D eigenvalue weighted by Gasteiger charge is 2.26. The normalized spacial score (nSPS) is 18.3. The van der Waals surface area contributed by atoms with Crippen LogP contribution in [0.2, 0.25) is 0 Å². The van der Waals surface area contributed by atoms with Crippen LogP contribution >= 0.6 is 27.3 Å². The highest BCUT2D eigenvalue weighted by Crippen LogP contribution is 2.23. The Hall–Kier alpha value is -1.47. The highest BCUT2D eigenvalue weighted by atomic mass is 79.9. The van der Waals surface area contributed by atoms with Crippen LogP contribution in [0.4, 0.5) is 0 Å². The predicted octanol–water partition coefficient (Wildman–Crippen LogP) is 3.29. The summed E-state index contributed by atoms with van der Waals surface area (Å²) in [6, 6.07) is 3.62. The molecule has 0 aromatic carbocycles. The average Bonchev–Trinajstić information content (AvgIpc) is 2.93. The minimum absolute atomic E-state index is 0.0181. The Balaban J connectivity index is 1.65. The van der Waals surface area contributed by atoms with Crippen LogP contribution in [-0.2, 0) is 0 Å². The zero-order chi connectivity index (χ0) is 15.5. The quantitative estimate of drug-likeness (QED) is 0.818. The lowest BCUT2D eigenvalue weighted by Crippen LogP contribution is -2.44. The summed E-state index contributed by atoms with van der Waals surface area (Å²) >= 11 is 4.85. The molecular formula is C15H16BrN3O2S. The van der Waals surface area contributed by atoms with Gasteiger partial charge >= 0.3 is 0 Å². The largest absolute Gasteiger partial charge is 0.472 e. The van der Waals surface area contributed by atoms with Gasteiger partial charge in [0.05, 0.1) is 11.4 Å². The average molecular weight is 382 g/mol. The van der Waals surface area contributed by atoms with Crippen molar-refractivity contribution >= 4 is 33.2 Å². The molecule has 2 aromatic heterocycles. The van der Waals surface area contributed by atoms with Gasteiger partial charge in [-0.2, -0.15) is 4.98 Å². The fourth-order valence-corrected chi connectivity index (χ4v) is 3.86. The molecule has 1 fully saturated rings. The number of carbonyl (C=O) groups is 1. The SMILES string of the molecule is Cc1nccc(OC2CCCN(C(=O)c3cc(Br)cs3)C2)n1. The second-order valence-corrected chi connectivity index (χ2v) is 7.03. The molecule has 0 aliphatic carbocycles. The number of piperidine rings is 1. The van der Waals surface area contributed by atoms with Crippen LogP contribution in [0.15, 0.2) is 28.2 Å². The number of aryl methyl sites for hydroxylation is 1. The van der Waals surface area contributed by atoms with Crippen LogP contribution in [0.3, 0.4) is 0 Å². The Morgan fingerprint density at radius 1 is 1.55 bits per heavy atom. The molecule has 1 amide bonds. The third kappa shape index (κ3) is 3.64. The van der Waals surface area contributed by atoms with Gasteiger partial charge in [-0.1, -0.05) is 0 Å². The zero-order valence-electron chi connectivity index (χ0n) is 12.2. The Kier molecular flexibility index (Phi) is 4.73. The van der Waals surface area contributed by atoms with Crippen molar-refractivity contribution in [3.8, 4) is 5.88 Å². The first-order valence-electron chi connectivity index (χ1n) is 7.11.